The third-order valence-electron chi connectivity index (χ3n) is 4.01. The lowest BCUT2D eigenvalue weighted by Gasteiger charge is -2.21. The van der Waals surface area contributed by atoms with Crippen LogP contribution in [0.2, 0.25) is 0 Å². The SMILES string of the molecule is Cc1ccc(CC(CNC(C)C)c2ccccc2)c(C)c1. The Morgan fingerprint density at radius 1 is 0.952 bits per heavy atom. The molecule has 0 radical (unpaired) electrons. The molecule has 1 nitrogen and oxygen atoms in total. The zero-order chi connectivity index (χ0) is 15.2. The Morgan fingerprint density at radius 3 is 2.29 bits per heavy atom. The molecule has 0 spiro atoms. The lowest BCUT2D eigenvalue weighted by molar-refractivity contribution is 0.526. The van der Waals surface area contributed by atoms with Crippen LogP contribution in [0.1, 0.15) is 42.0 Å². The van der Waals surface area contributed by atoms with E-state index in [9.17, 15) is 0 Å². The molecule has 0 saturated heterocycles. The van der Waals surface area contributed by atoms with E-state index in [1.165, 1.54) is 22.3 Å². The normalized spacial score (nSPS) is 12.6. The van der Waals surface area contributed by atoms with Gasteiger partial charge in [-0.05, 0) is 37.0 Å². The van der Waals surface area contributed by atoms with Gasteiger partial charge in [-0.25, -0.2) is 0 Å². The molecule has 2 aromatic rings. The summed E-state index contributed by atoms with van der Waals surface area (Å²) < 4.78 is 0. The molecule has 0 saturated carbocycles. The van der Waals surface area contributed by atoms with Crippen molar-refractivity contribution in [3.05, 3.63) is 70.8 Å². The summed E-state index contributed by atoms with van der Waals surface area (Å²) in [7, 11) is 0. The number of hydrogen-bond donors (Lipinski definition) is 1. The van der Waals surface area contributed by atoms with E-state index in [1.54, 1.807) is 0 Å². The molecule has 112 valence electrons. The van der Waals surface area contributed by atoms with Crippen molar-refractivity contribution in [1.82, 2.24) is 5.32 Å². The van der Waals surface area contributed by atoms with E-state index in [0.29, 0.717) is 12.0 Å². The van der Waals surface area contributed by atoms with Crippen LogP contribution < -0.4 is 5.32 Å². The number of nitrogens with one attached hydrogen (secondary N) is 1. The largest absolute Gasteiger partial charge is 0.314 e. The maximum atomic E-state index is 3.60. The van der Waals surface area contributed by atoms with Gasteiger partial charge >= 0.3 is 0 Å². The number of hydrogen-bond acceptors (Lipinski definition) is 1. The second-order valence-electron chi connectivity index (χ2n) is 6.30. The fourth-order valence-electron chi connectivity index (χ4n) is 2.75. The fraction of sp³-hybridized carbons (Fsp3) is 0.400. The van der Waals surface area contributed by atoms with Crippen molar-refractivity contribution in [3.8, 4) is 0 Å². The molecule has 0 aliphatic rings. The average Bonchev–Trinajstić information content (AvgIpc) is 2.46. The van der Waals surface area contributed by atoms with Gasteiger partial charge in [0.25, 0.3) is 0 Å². The van der Waals surface area contributed by atoms with Crippen molar-refractivity contribution in [2.24, 2.45) is 0 Å². The highest BCUT2D eigenvalue weighted by Gasteiger charge is 2.14. The Hall–Kier alpha value is -1.60. The van der Waals surface area contributed by atoms with Gasteiger partial charge in [0.05, 0.1) is 0 Å². The van der Waals surface area contributed by atoms with E-state index in [4.69, 9.17) is 0 Å². The molecule has 1 atom stereocenters. The fourth-order valence-corrected chi connectivity index (χ4v) is 2.75. The Labute approximate surface area is 129 Å². The zero-order valence-electron chi connectivity index (χ0n) is 13.7. The van der Waals surface area contributed by atoms with E-state index in [-0.39, 0.29) is 0 Å². The van der Waals surface area contributed by atoms with Crippen LogP contribution in [-0.2, 0) is 6.42 Å². The van der Waals surface area contributed by atoms with Crippen LogP contribution in [0.15, 0.2) is 48.5 Å². The summed E-state index contributed by atoms with van der Waals surface area (Å²) in [6, 6.07) is 18.2. The van der Waals surface area contributed by atoms with Crippen LogP contribution in [0.4, 0.5) is 0 Å². The predicted octanol–water partition coefficient (Wildman–Crippen LogP) is 4.63. The summed E-state index contributed by atoms with van der Waals surface area (Å²) in [4.78, 5) is 0. The van der Waals surface area contributed by atoms with Crippen molar-refractivity contribution < 1.29 is 0 Å². The minimum absolute atomic E-state index is 0.523. The van der Waals surface area contributed by atoms with Crippen LogP contribution in [-0.4, -0.2) is 12.6 Å². The minimum Gasteiger partial charge on any atom is -0.314 e. The van der Waals surface area contributed by atoms with Crippen molar-refractivity contribution in [2.75, 3.05) is 6.54 Å². The molecule has 0 bridgehead atoms. The van der Waals surface area contributed by atoms with Crippen molar-refractivity contribution in [1.29, 1.82) is 0 Å². The number of rotatable bonds is 6. The van der Waals surface area contributed by atoms with Gasteiger partial charge in [0.15, 0.2) is 0 Å². The number of benzene rings is 2. The summed E-state index contributed by atoms with van der Waals surface area (Å²) in [5.41, 5.74) is 5.62. The topological polar surface area (TPSA) is 12.0 Å². The average molecular weight is 281 g/mol. The lowest BCUT2D eigenvalue weighted by Crippen LogP contribution is -2.29. The smallest absolute Gasteiger partial charge is 0.00257 e. The summed E-state index contributed by atoms with van der Waals surface area (Å²) in [5.74, 6) is 0.523. The highest BCUT2D eigenvalue weighted by atomic mass is 14.9. The third kappa shape index (κ3) is 4.71. The van der Waals surface area contributed by atoms with Crippen LogP contribution in [0.5, 0.6) is 0 Å². The quantitative estimate of drug-likeness (QED) is 0.814. The Balaban J connectivity index is 2.19. The molecule has 2 aromatic carbocycles. The lowest BCUT2D eigenvalue weighted by atomic mass is 9.89. The molecule has 0 heterocycles. The summed E-state index contributed by atoms with van der Waals surface area (Å²) >= 11 is 0. The van der Waals surface area contributed by atoms with E-state index in [1.807, 2.05) is 0 Å². The monoisotopic (exact) mass is 281 g/mol. The molecule has 1 unspecified atom stereocenters. The van der Waals surface area contributed by atoms with Crippen molar-refractivity contribution in [3.63, 3.8) is 0 Å². The summed E-state index contributed by atoms with van der Waals surface area (Å²) in [6.07, 6.45) is 1.09. The molecular formula is C20H27N. The van der Waals surface area contributed by atoms with Gasteiger partial charge in [-0.15, -0.1) is 0 Å². The molecule has 0 aromatic heterocycles. The second-order valence-corrected chi connectivity index (χ2v) is 6.30. The molecule has 1 heteroatoms. The van der Waals surface area contributed by atoms with Crippen LogP contribution in [0.3, 0.4) is 0 Å². The van der Waals surface area contributed by atoms with Crippen LogP contribution in [0.25, 0.3) is 0 Å². The first-order valence-corrected chi connectivity index (χ1v) is 7.90. The highest BCUT2D eigenvalue weighted by molar-refractivity contribution is 5.33. The Kier molecular flexibility index (Phi) is 5.58. The first-order valence-electron chi connectivity index (χ1n) is 7.90. The molecule has 0 fully saturated rings. The zero-order valence-corrected chi connectivity index (χ0v) is 13.7. The molecule has 1 N–H and O–H groups in total. The standard InChI is InChI=1S/C20H27N/c1-15(2)21-14-20(18-8-6-5-7-9-18)13-19-11-10-16(3)12-17(19)4/h5-12,15,20-21H,13-14H2,1-4H3. The Bertz CT molecular complexity index is 557. The minimum atomic E-state index is 0.523. The Morgan fingerprint density at radius 2 is 1.67 bits per heavy atom. The molecule has 0 amide bonds. The van der Waals surface area contributed by atoms with Gasteiger partial charge in [0, 0.05) is 18.5 Å². The van der Waals surface area contributed by atoms with E-state index < -0.39 is 0 Å². The third-order valence-corrected chi connectivity index (χ3v) is 4.01. The molecular weight excluding hydrogens is 254 g/mol. The van der Waals surface area contributed by atoms with E-state index in [0.717, 1.165) is 13.0 Å². The highest BCUT2D eigenvalue weighted by Crippen LogP contribution is 2.23. The van der Waals surface area contributed by atoms with Gasteiger partial charge < -0.3 is 5.32 Å². The van der Waals surface area contributed by atoms with E-state index in [2.05, 4.69) is 81.5 Å². The van der Waals surface area contributed by atoms with Gasteiger partial charge in [0.2, 0.25) is 0 Å². The van der Waals surface area contributed by atoms with Gasteiger partial charge in [-0.1, -0.05) is 67.9 Å². The summed E-state index contributed by atoms with van der Waals surface area (Å²) in [6.45, 7) is 9.82. The van der Waals surface area contributed by atoms with Gasteiger partial charge in [0.1, 0.15) is 0 Å². The second kappa shape index (κ2) is 7.42. The first-order chi connectivity index (χ1) is 10.1. The maximum Gasteiger partial charge on any atom is 0.00257 e. The molecule has 21 heavy (non-hydrogen) atoms. The molecule has 0 aliphatic heterocycles. The van der Waals surface area contributed by atoms with Crippen LogP contribution in [0, 0.1) is 13.8 Å². The predicted molar refractivity (Wildman–Crippen MR) is 91.9 cm³/mol. The van der Waals surface area contributed by atoms with Crippen molar-refractivity contribution in [2.45, 2.75) is 46.1 Å². The summed E-state index contributed by atoms with van der Waals surface area (Å²) in [5, 5.41) is 3.60. The van der Waals surface area contributed by atoms with Crippen LogP contribution >= 0.6 is 0 Å². The number of aryl methyl sites for hydroxylation is 2. The first kappa shape index (κ1) is 15.8. The molecule has 2 rings (SSSR count). The maximum absolute atomic E-state index is 3.60. The molecule has 0 aliphatic carbocycles. The van der Waals surface area contributed by atoms with Gasteiger partial charge in [-0.3, -0.25) is 0 Å². The van der Waals surface area contributed by atoms with Gasteiger partial charge in [-0.2, -0.15) is 0 Å². The van der Waals surface area contributed by atoms with Crippen molar-refractivity contribution >= 4 is 0 Å². The van der Waals surface area contributed by atoms with E-state index >= 15 is 0 Å².